The molecule has 2 aromatic heterocycles. The second-order valence-electron chi connectivity index (χ2n) is 7.16. The van der Waals surface area contributed by atoms with E-state index in [0.29, 0.717) is 16.0 Å². The van der Waals surface area contributed by atoms with Gasteiger partial charge in [0.05, 0.1) is 19.0 Å². The molecule has 2 heterocycles. The van der Waals surface area contributed by atoms with Gasteiger partial charge in [-0.05, 0) is 42.0 Å². The second-order valence-corrected chi connectivity index (χ2v) is 8.22. The number of nitrogens with zero attached hydrogens (tertiary/aromatic N) is 2. The van der Waals surface area contributed by atoms with Crippen molar-refractivity contribution in [1.29, 1.82) is 0 Å². The molecule has 7 nitrogen and oxygen atoms in total. The Kier molecular flexibility index (Phi) is 6.55. The average Bonchev–Trinajstić information content (AvgIpc) is 3.25. The molecule has 34 heavy (non-hydrogen) atoms. The largest absolute Gasteiger partial charge is 0.573 e. The molecular formula is C23H18F3N3O4S. The number of methoxy groups -OCH3 is 1. The van der Waals surface area contributed by atoms with Gasteiger partial charge in [0.15, 0.2) is 0 Å². The molecule has 0 fully saturated rings. The molecule has 0 unspecified atom stereocenters. The smallest absolute Gasteiger partial charge is 0.497 e. The van der Waals surface area contributed by atoms with Gasteiger partial charge in [0.25, 0.3) is 5.56 Å². The predicted octanol–water partition coefficient (Wildman–Crippen LogP) is 4.35. The lowest BCUT2D eigenvalue weighted by molar-refractivity contribution is -0.274. The highest BCUT2D eigenvalue weighted by Gasteiger charge is 2.32. The summed E-state index contributed by atoms with van der Waals surface area (Å²) < 4.78 is 48.4. The van der Waals surface area contributed by atoms with E-state index in [1.807, 2.05) is 24.3 Å². The standard InChI is InChI=1S/C23H18F3N3O4S/c1-32-16-8-6-14(7-9-16)19-10-17-21(34-19)22(31)29(13-28-17)12-20(30)27-11-15-4-2-3-5-18(15)33-23(24,25)26/h2-10,13H,11-12H2,1H3,(H,27,30). The summed E-state index contributed by atoms with van der Waals surface area (Å²) in [6.45, 7) is -0.532. The summed E-state index contributed by atoms with van der Waals surface area (Å²) in [5.41, 5.74) is 1.17. The molecule has 0 aliphatic heterocycles. The minimum atomic E-state index is -4.85. The molecule has 176 valence electrons. The van der Waals surface area contributed by atoms with Crippen LogP contribution in [0, 0.1) is 0 Å². The van der Waals surface area contributed by atoms with Crippen LogP contribution in [-0.4, -0.2) is 28.9 Å². The molecule has 4 aromatic rings. The number of hydrogen-bond donors (Lipinski definition) is 1. The van der Waals surface area contributed by atoms with E-state index in [2.05, 4.69) is 15.0 Å². The van der Waals surface area contributed by atoms with Crippen LogP contribution in [0.1, 0.15) is 5.56 Å². The van der Waals surface area contributed by atoms with E-state index < -0.39 is 18.0 Å². The number of nitrogens with one attached hydrogen (secondary N) is 1. The third kappa shape index (κ3) is 5.37. The Morgan fingerprint density at radius 2 is 1.88 bits per heavy atom. The van der Waals surface area contributed by atoms with Crippen LogP contribution in [0.3, 0.4) is 0 Å². The van der Waals surface area contributed by atoms with Crippen molar-refractivity contribution in [3.05, 3.63) is 76.8 Å². The van der Waals surface area contributed by atoms with Crippen LogP contribution < -0.4 is 20.3 Å². The lowest BCUT2D eigenvalue weighted by Gasteiger charge is -2.13. The topological polar surface area (TPSA) is 82.5 Å². The number of thiophene rings is 1. The van der Waals surface area contributed by atoms with Gasteiger partial charge < -0.3 is 14.8 Å². The number of halogens is 3. The quantitative estimate of drug-likeness (QED) is 0.418. The number of rotatable bonds is 7. The number of aromatic nitrogens is 2. The van der Waals surface area contributed by atoms with Gasteiger partial charge in [0.2, 0.25) is 5.91 Å². The zero-order valence-corrected chi connectivity index (χ0v) is 18.6. The molecule has 0 saturated heterocycles. The van der Waals surface area contributed by atoms with Crippen molar-refractivity contribution in [3.8, 4) is 21.9 Å². The molecule has 0 spiro atoms. The van der Waals surface area contributed by atoms with Gasteiger partial charge >= 0.3 is 6.36 Å². The van der Waals surface area contributed by atoms with Crippen LogP contribution in [0.25, 0.3) is 20.7 Å². The Labute approximate surface area is 195 Å². The fraction of sp³-hybridized carbons (Fsp3) is 0.174. The maximum atomic E-state index is 12.9. The number of carbonyl (C=O) groups excluding carboxylic acids is 1. The first-order valence-corrected chi connectivity index (χ1v) is 10.8. The monoisotopic (exact) mass is 489 g/mol. The summed E-state index contributed by atoms with van der Waals surface area (Å²) in [4.78, 5) is 30.4. The van der Waals surface area contributed by atoms with Gasteiger partial charge in [-0.2, -0.15) is 0 Å². The molecule has 4 rings (SSSR count). The maximum Gasteiger partial charge on any atom is 0.573 e. The number of amides is 1. The zero-order valence-electron chi connectivity index (χ0n) is 17.8. The Bertz CT molecular complexity index is 1380. The summed E-state index contributed by atoms with van der Waals surface area (Å²) in [6, 6.07) is 14.7. The number of benzene rings is 2. The molecule has 0 aliphatic rings. The molecule has 1 N–H and O–H groups in total. The van der Waals surface area contributed by atoms with Crippen LogP contribution in [0.5, 0.6) is 11.5 Å². The molecular weight excluding hydrogens is 471 g/mol. The Morgan fingerprint density at radius 3 is 2.59 bits per heavy atom. The summed E-state index contributed by atoms with van der Waals surface area (Å²) in [5, 5.41) is 2.51. The number of ether oxygens (including phenoxy) is 2. The van der Waals surface area contributed by atoms with Gasteiger partial charge in [0.1, 0.15) is 22.7 Å². The van der Waals surface area contributed by atoms with E-state index in [0.717, 1.165) is 21.1 Å². The third-order valence-electron chi connectivity index (χ3n) is 4.87. The Morgan fingerprint density at radius 1 is 1.15 bits per heavy atom. The van der Waals surface area contributed by atoms with Gasteiger partial charge in [-0.3, -0.25) is 14.2 Å². The van der Waals surface area contributed by atoms with Crippen molar-refractivity contribution >= 4 is 27.5 Å². The van der Waals surface area contributed by atoms with Crippen LogP contribution in [0.2, 0.25) is 0 Å². The molecule has 2 aromatic carbocycles. The van der Waals surface area contributed by atoms with Gasteiger partial charge in [0, 0.05) is 17.0 Å². The molecule has 0 aliphatic carbocycles. The van der Waals surface area contributed by atoms with E-state index in [4.69, 9.17) is 4.74 Å². The molecule has 0 bridgehead atoms. The summed E-state index contributed by atoms with van der Waals surface area (Å²) >= 11 is 1.26. The van der Waals surface area contributed by atoms with Crippen molar-refractivity contribution in [2.45, 2.75) is 19.5 Å². The number of fused-ring (bicyclic) bond motifs is 1. The minimum absolute atomic E-state index is 0.150. The van der Waals surface area contributed by atoms with Crippen molar-refractivity contribution in [3.63, 3.8) is 0 Å². The number of carbonyl (C=O) groups is 1. The molecule has 0 atom stereocenters. The summed E-state index contributed by atoms with van der Waals surface area (Å²) in [7, 11) is 1.58. The summed E-state index contributed by atoms with van der Waals surface area (Å²) in [5.74, 6) is -0.249. The molecule has 0 saturated carbocycles. The van der Waals surface area contributed by atoms with Gasteiger partial charge in [-0.25, -0.2) is 4.98 Å². The fourth-order valence-electron chi connectivity index (χ4n) is 3.23. The average molecular weight is 489 g/mol. The first kappa shape index (κ1) is 23.3. The van der Waals surface area contributed by atoms with Crippen molar-refractivity contribution in [2.24, 2.45) is 0 Å². The highest BCUT2D eigenvalue weighted by atomic mass is 32.1. The number of para-hydroxylation sites is 1. The Balaban J connectivity index is 1.48. The van der Waals surface area contributed by atoms with E-state index in [9.17, 15) is 22.8 Å². The molecule has 11 heteroatoms. The fourth-order valence-corrected chi connectivity index (χ4v) is 4.30. The van der Waals surface area contributed by atoms with Gasteiger partial charge in [-0.1, -0.05) is 18.2 Å². The van der Waals surface area contributed by atoms with Gasteiger partial charge in [-0.15, -0.1) is 24.5 Å². The lowest BCUT2D eigenvalue weighted by Crippen LogP contribution is -2.32. The van der Waals surface area contributed by atoms with Crippen molar-refractivity contribution in [2.75, 3.05) is 7.11 Å². The lowest BCUT2D eigenvalue weighted by atomic mass is 10.2. The van der Waals surface area contributed by atoms with E-state index >= 15 is 0 Å². The molecule has 1 amide bonds. The number of hydrogen-bond acceptors (Lipinski definition) is 6. The normalized spacial score (nSPS) is 11.4. The highest BCUT2D eigenvalue weighted by Crippen LogP contribution is 2.31. The first-order valence-electron chi connectivity index (χ1n) is 9.97. The minimum Gasteiger partial charge on any atom is -0.497 e. The number of alkyl halides is 3. The van der Waals surface area contributed by atoms with Crippen molar-refractivity contribution in [1.82, 2.24) is 14.9 Å². The van der Waals surface area contributed by atoms with E-state index in [-0.39, 0.29) is 24.2 Å². The van der Waals surface area contributed by atoms with E-state index in [1.54, 1.807) is 13.2 Å². The van der Waals surface area contributed by atoms with Crippen LogP contribution in [0.15, 0.2) is 65.7 Å². The maximum absolute atomic E-state index is 12.9. The predicted molar refractivity (Wildman–Crippen MR) is 121 cm³/mol. The van der Waals surface area contributed by atoms with Crippen LogP contribution in [0.4, 0.5) is 13.2 Å². The van der Waals surface area contributed by atoms with Crippen LogP contribution in [-0.2, 0) is 17.9 Å². The first-order chi connectivity index (χ1) is 16.2. The third-order valence-corrected chi connectivity index (χ3v) is 6.03. The molecule has 0 radical (unpaired) electrons. The van der Waals surface area contributed by atoms with Crippen LogP contribution >= 0.6 is 11.3 Å². The SMILES string of the molecule is COc1ccc(-c2cc3ncn(CC(=O)NCc4ccccc4OC(F)(F)F)c(=O)c3s2)cc1. The van der Waals surface area contributed by atoms with Crippen molar-refractivity contribution < 1.29 is 27.4 Å². The second kappa shape index (κ2) is 9.56. The summed E-state index contributed by atoms with van der Waals surface area (Å²) in [6.07, 6.45) is -3.57. The van der Waals surface area contributed by atoms with E-state index in [1.165, 1.54) is 35.9 Å². The zero-order chi connectivity index (χ0) is 24.3. The Hall–Kier alpha value is -3.86. The highest BCUT2D eigenvalue weighted by molar-refractivity contribution is 7.22.